The summed E-state index contributed by atoms with van der Waals surface area (Å²) in [6.45, 7) is 3.98. The van der Waals surface area contributed by atoms with Gasteiger partial charge >= 0.3 is 0 Å². The molecule has 0 bridgehead atoms. The Morgan fingerprint density at radius 3 is 2.73 bits per heavy atom. The molecule has 0 spiro atoms. The Morgan fingerprint density at radius 2 is 2.20 bits per heavy atom. The first-order chi connectivity index (χ1) is 7.08. The maximum Gasteiger partial charge on any atom is 0.255 e. The molecule has 1 aromatic carbocycles. The lowest BCUT2D eigenvalue weighted by atomic mass is 10.1. The van der Waals surface area contributed by atoms with Gasteiger partial charge in [0.25, 0.3) is 5.91 Å². The molecule has 15 heavy (non-hydrogen) atoms. The summed E-state index contributed by atoms with van der Waals surface area (Å²) in [5.41, 5.74) is 1.31. The second-order valence-electron chi connectivity index (χ2n) is 4.31. The minimum atomic E-state index is -0.179. The highest BCUT2D eigenvalue weighted by molar-refractivity contribution is 5.97. The first-order valence-electron chi connectivity index (χ1n) is 5.18. The number of benzene rings is 1. The third-order valence-corrected chi connectivity index (χ3v) is 2.82. The van der Waals surface area contributed by atoms with E-state index in [2.05, 4.69) is 12.2 Å². The van der Waals surface area contributed by atoms with Crippen LogP contribution in [0.25, 0.3) is 0 Å². The minimum Gasteiger partial charge on any atom is -0.507 e. The molecule has 0 radical (unpaired) electrons. The van der Waals surface area contributed by atoms with Gasteiger partial charge in [0, 0.05) is 6.04 Å². The Balaban J connectivity index is 2.11. The summed E-state index contributed by atoms with van der Waals surface area (Å²) in [5.74, 6) is 0.448. The molecule has 1 fully saturated rings. The minimum absolute atomic E-state index is 0.0563. The van der Waals surface area contributed by atoms with Crippen molar-refractivity contribution in [3.8, 4) is 5.75 Å². The number of rotatable bonds is 2. The molecule has 80 valence electrons. The van der Waals surface area contributed by atoms with Gasteiger partial charge in [-0.2, -0.15) is 0 Å². The smallest absolute Gasteiger partial charge is 0.255 e. The van der Waals surface area contributed by atoms with E-state index in [1.807, 2.05) is 13.0 Å². The zero-order valence-electron chi connectivity index (χ0n) is 8.95. The number of hydrogen-bond acceptors (Lipinski definition) is 2. The van der Waals surface area contributed by atoms with Crippen molar-refractivity contribution in [1.29, 1.82) is 0 Å². The van der Waals surface area contributed by atoms with Crippen molar-refractivity contribution in [3.05, 3.63) is 29.3 Å². The van der Waals surface area contributed by atoms with Crippen molar-refractivity contribution in [2.45, 2.75) is 26.3 Å². The van der Waals surface area contributed by atoms with Gasteiger partial charge in [-0.15, -0.1) is 0 Å². The molecule has 3 nitrogen and oxygen atoms in total. The van der Waals surface area contributed by atoms with Gasteiger partial charge in [-0.1, -0.05) is 13.0 Å². The second-order valence-corrected chi connectivity index (χ2v) is 4.31. The SMILES string of the molecule is Cc1ccc(C(=O)NC2CC2C)c(O)c1. The number of carbonyl (C=O) groups is 1. The van der Waals surface area contributed by atoms with Gasteiger partial charge in [0.2, 0.25) is 0 Å². The Kier molecular flexibility index (Phi) is 2.39. The van der Waals surface area contributed by atoms with E-state index in [0.717, 1.165) is 12.0 Å². The van der Waals surface area contributed by atoms with Gasteiger partial charge in [-0.3, -0.25) is 4.79 Å². The topological polar surface area (TPSA) is 49.3 Å². The van der Waals surface area contributed by atoms with Crippen LogP contribution in [0.3, 0.4) is 0 Å². The lowest BCUT2D eigenvalue weighted by Crippen LogP contribution is -2.26. The average molecular weight is 205 g/mol. The molecule has 1 aliphatic carbocycles. The van der Waals surface area contributed by atoms with E-state index < -0.39 is 0 Å². The van der Waals surface area contributed by atoms with E-state index in [4.69, 9.17) is 0 Å². The normalized spacial score (nSPS) is 23.6. The van der Waals surface area contributed by atoms with Crippen LogP contribution in [-0.2, 0) is 0 Å². The zero-order valence-corrected chi connectivity index (χ0v) is 8.95. The van der Waals surface area contributed by atoms with E-state index in [1.54, 1.807) is 12.1 Å². The molecule has 2 unspecified atom stereocenters. The number of phenols is 1. The van der Waals surface area contributed by atoms with Gasteiger partial charge in [0.05, 0.1) is 5.56 Å². The second kappa shape index (κ2) is 3.57. The van der Waals surface area contributed by atoms with Crippen molar-refractivity contribution in [2.24, 2.45) is 5.92 Å². The molecule has 1 saturated carbocycles. The van der Waals surface area contributed by atoms with Crippen molar-refractivity contribution >= 4 is 5.91 Å². The lowest BCUT2D eigenvalue weighted by Gasteiger charge is -2.06. The van der Waals surface area contributed by atoms with Crippen LogP contribution in [0.15, 0.2) is 18.2 Å². The summed E-state index contributed by atoms with van der Waals surface area (Å²) in [6, 6.07) is 5.38. The predicted octanol–water partition coefficient (Wildman–Crippen LogP) is 1.84. The average Bonchev–Trinajstić information content (AvgIpc) is 2.81. The fraction of sp³-hybridized carbons (Fsp3) is 0.417. The molecular weight excluding hydrogens is 190 g/mol. The summed E-state index contributed by atoms with van der Waals surface area (Å²) in [4.78, 5) is 11.7. The summed E-state index contributed by atoms with van der Waals surface area (Å²) < 4.78 is 0. The number of carbonyl (C=O) groups excluding carboxylic acids is 1. The number of aromatic hydroxyl groups is 1. The van der Waals surface area contributed by atoms with Crippen LogP contribution >= 0.6 is 0 Å². The molecule has 1 amide bonds. The van der Waals surface area contributed by atoms with E-state index in [0.29, 0.717) is 17.5 Å². The quantitative estimate of drug-likeness (QED) is 0.774. The molecule has 3 heteroatoms. The van der Waals surface area contributed by atoms with Crippen molar-refractivity contribution in [3.63, 3.8) is 0 Å². The van der Waals surface area contributed by atoms with Crippen molar-refractivity contribution in [2.75, 3.05) is 0 Å². The highest BCUT2D eigenvalue weighted by atomic mass is 16.3. The molecule has 0 aromatic heterocycles. The number of nitrogens with one attached hydrogen (secondary N) is 1. The summed E-state index contributed by atoms with van der Waals surface area (Å²) in [5, 5.41) is 12.5. The third-order valence-electron chi connectivity index (χ3n) is 2.82. The molecular formula is C12H15NO2. The first kappa shape index (κ1) is 10.0. The van der Waals surface area contributed by atoms with Crippen LogP contribution in [0.2, 0.25) is 0 Å². The van der Waals surface area contributed by atoms with Gasteiger partial charge < -0.3 is 10.4 Å². The number of amides is 1. The summed E-state index contributed by atoms with van der Waals surface area (Å²) in [6.07, 6.45) is 1.04. The maximum absolute atomic E-state index is 11.7. The Hall–Kier alpha value is -1.51. The molecule has 0 heterocycles. The molecule has 0 aliphatic heterocycles. The molecule has 0 saturated heterocycles. The molecule has 2 rings (SSSR count). The zero-order chi connectivity index (χ0) is 11.0. The number of hydrogen-bond donors (Lipinski definition) is 2. The number of aryl methyl sites for hydroxylation is 1. The van der Waals surface area contributed by atoms with Gasteiger partial charge in [0.15, 0.2) is 0 Å². The standard InChI is InChI=1S/C12H15NO2/c1-7-3-4-9(11(14)5-7)12(15)13-10-6-8(10)2/h3-5,8,10,14H,6H2,1-2H3,(H,13,15). The fourth-order valence-corrected chi connectivity index (χ4v) is 1.60. The lowest BCUT2D eigenvalue weighted by molar-refractivity contribution is 0.0946. The van der Waals surface area contributed by atoms with Crippen LogP contribution in [-0.4, -0.2) is 17.1 Å². The van der Waals surface area contributed by atoms with Gasteiger partial charge in [-0.05, 0) is 37.0 Å². The van der Waals surface area contributed by atoms with Gasteiger partial charge in [0.1, 0.15) is 5.75 Å². The Labute approximate surface area is 89.1 Å². The molecule has 2 atom stereocenters. The van der Waals surface area contributed by atoms with Crippen LogP contribution in [0.5, 0.6) is 5.75 Å². The number of phenolic OH excluding ortho intramolecular Hbond substituents is 1. The highest BCUT2D eigenvalue weighted by Gasteiger charge is 2.34. The van der Waals surface area contributed by atoms with Crippen LogP contribution in [0, 0.1) is 12.8 Å². The van der Waals surface area contributed by atoms with Crippen LogP contribution in [0.1, 0.15) is 29.3 Å². The maximum atomic E-state index is 11.7. The van der Waals surface area contributed by atoms with Crippen LogP contribution in [0.4, 0.5) is 0 Å². The summed E-state index contributed by atoms with van der Waals surface area (Å²) in [7, 11) is 0. The van der Waals surface area contributed by atoms with Gasteiger partial charge in [-0.25, -0.2) is 0 Å². The Morgan fingerprint density at radius 1 is 1.53 bits per heavy atom. The fourth-order valence-electron chi connectivity index (χ4n) is 1.60. The van der Waals surface area contributed by atoms with Crippen LogP contribution < -0.4 is 5.32 Å². The van der Waals surface area contributed by atoms with Crippen molar-refractivity contribution < 1.29 is 9.90 Å². The third kappa shape index (κ3) is 2.12. The molecule has 1 aliphatic rings. The van der Waals surface area contributed by atoms with E-state index in [9.17, 15) is 9.90 Å². The highest BCUT2D eigenvalue weighted by Crippen LogP contribution is 2.30. The first-order valence-corrected chi connectivity index (χ1v) is 5.18. The molecule has 2 N–H and O–H groups in total. The Bertz CT molecular complexity index is 401. The molecule has 1 aromatic rings. The summed E-state index contributed by atoms with van der Waals surface area (Å²) >= 11 is 0. The predicted molar refractivity (Wildman–Crippen MR) is 57.9 cm³/mol. The monoisotopic (exact) mass is 205 g/mol. The van der Waals surface area contributed by atoms with Crippen molar-refractivity contribution in [1.82, 2.24) is 5.32 Å². The van der Waals surface area contributed by atoms with E-state index in [-0.39, 0.29) is 11.7 Å². The van der Waals surface area contributed by atoms with E-state index >= 15 is 0 Å². The largest absolute Gasteiger partial charge is 0.507 e. The van der Waals surface area contributed by atoms with E-state index in [1.165, 1.54) is 0 Å².